The quantitative estimate of drug-likeness (QED) is 0.431. The van der Waals surface area contributed by atoms with Gasteiger partial charge in [0.25, 0.3) is 0 Å². The van der Waals surface area contributed by atoms with Gasteiger partial charge in [-0.15, -0.1) is 0 Å². The van der Waals surface area contributed by atoms with Crippen LogP contribution in [0.2, 0.25) is 10.0 Å². The third-order valence-corrected chi connectivity index (χ3v) is 4.64. The Morgan fingerprint density at radius 2 is 1.90 bits per heavy atom. The SMILES string of the molecule is NNC(Cc1ccc(Cl)c(Cl)c1)c1ccc(F)cc1I. The van der Waals surface area contributed by atoms with Crippen molar-refractivity contribution in [1.82, 2.24) is 5.43 Å². The maximum absolute atomic E-state index is 13.2. The zero-order chi connectivity index (χ0) is 14.7. The lowest BCUT2D eigenvalue weighted by Crippen LogP contribution is -2.30. The summed E-state index contributed by atoms with van der Waals surface area (Å²) in [6.45, 7) is 0. The molecule has 2 aromatic carbocycles. The lowest BCUT2D eigenvalue weighted by molar-refractivity contribution is 0.546. The first-order valence-electron chi connectivity index (χ1n) is 5.86. The van der Waals surface area contributed by atoms with E-state index in [4.69, 9.17) is 29.0 Å². The van der Waals surface area contributed by atoms with Crippen molar-refractivity contribution in [1.29, 1.82) is 0 Å². The Morgan fingerprint density at radius 1 is 1.15 bits per heavy atom. The molecule has 0 bridgehead atoms. The molecule has 0 aliphatic rings. The van der Waals surface area contributed by atoms with Crippen molar-refractivity contribution in [2.75, 3.05) is 0 Å². The molecule has 6 heteroatoms. The molecule has 0 radical (unpaired) electrons. The first kappa shape index (κ1) is 16.0. The Labute approximate surface area is 140 Å². The molecule has 3 N–H and O–H groups in total. The zero-order valence-corrected chi connectivity index (χ0v) is 14.0. The van der Waals surface area contributed by atoms with E-state index in [1.54, 1.807) is 12.1 Å². The number of hydrazine groups is 1. The summed E-state index contributed by atoms with van der Waals surface area (Å²) >= 11 is 14.0. The van der Waals surface area contributed by atoms with Crippen molar-refractivity contribution >= 4 is 45.8 Å². The Morgan fingerprint density at radius 3 is 2.50 bits per heavy atom. The Kier molecular flexibility index (Phi) is 5.63. The third-order valence-electron chi connectivity index (χ3n) is 2.96. The van der Waals surface area contributed by atoms with Gasteiger partial charge >= 0.3 is 0 Å². The van der Waals surface area contributed by atoms with E-state index < -0.39 is 0 Å². The minimum Gasteiger partial charge on any atom is -0.271 e. The lowest BCUT2D eigenvalue weighted by Gasteiger charge is -2.18. The molecule has 0 saturated carbocycles. The first-order valence-corrected chi connectivity index (χ1v) is 7.69. The number of hydrogen-bond acceptors (Lipinski definition) is 2. The topological polar surface area (TPSA) is 38.0 Å². The first-order chi connectivity index (χ1) is 9.51. The second-order valence-corrected chi connectivity index (χ2v) is 6.31. The van der Waals surface area contributed by atoms with Gasteiger partial charge in [0, 0.05) is 3.57 Å². The van der Waals surface area contributed by atoms with E-state index >= 15 is 0 Å². The number of nitrogens with two attached hydrogens (primary N) is 1. The van der Waals surface area contributed by atoms with E-state index in [0.29, 0.717) is 16.5 Å². The summed E-state index contributed by atoms with van der Waals surface area (Å²) in [5, 5.41) is 1.03. The fourth-order valence-corrected chi connectivity index (χ4v) is 3.12. The monoisotopic (exact) mass is 424 g/mol. The highest BCUT2D eigenvalue weighted by atomic mass is 127. The maximum Gasteiger partial charge on any atom is 0.124 e. The van der Waals surface area contributed by atoms with E-state index in [1.807, 2.05) is 12.1 Å². The molecular weight excluding hydrogens is 413 g/mol. The molecular formula is C14H12Cl2FIN2. The number of benzene rings is 2. The van der Waals surface area contributed by atoms with Crippen LogP contribution in [0.1, 0.15) is 17.2 Å². The maximum atomic E-state index is 13.2. The number of halogens is 4. The fraction of sp³-hybridized carbons (Fsp3) is 0.143. The summed E-state index contributed by atoms with van der Waals surface area (Å²) in [7, 11) is 0. The van der Waals surface area contributed by atoms with Crippen LogP contribution in [0.4, 0.5) is 4.39 Å². The van der Waals surface area contributed by atoms with Crippen LogP contribution in [0.15, 0.2) is 36.4 Å². The molecule has 2 nitrogen and oxygen atoms in total. The molecule has 0 aliphatic carbocycles. The third kappa shape index (κ3) is 3.83. The number of hydrogen-bond donors (Lipinski definition) is 2. The second-order valence-electron chi connectivity index (χ2n) is 4.34. The highest BCUT2D eigenvalue weighted by Crippen LogP contribution is 2.27. The molecule has 1 atom stereocenters. The largest absolute Gasteiger partial charge is 0.271 e. The highest BCUT2D eigenvalue weighted by Gasteiger charge is 2.15. The van der Waals surface area contributed by atoms with Gasteiger partial charge in [-0.1, -0.05) is 35.3 Å². The van der Waals surface area contributed by atoms with Crippen LogP contribution in [0.3, 0.4) is 0 Å². The predicted molar refractivity (Wildman–Crippen MR) is 89.3 cm³/mol. The number of rotatable bonds is 4. The van der Waals surface area contributed by atoms with E-state index in [2.05, 4.69) is 28.0 Å². The van der Waals surface area contributed by atoms with Gasteiger partial charge in [-0.05, 0) is 64.4 Å². The average Bonchev–Trinajstić information content (AvgIpc) is 2.41. The van der Waals surface area contributed by atoms with Crippen molar-refractivity contribution < 1.29 is 4.39 Å². The Hall–Kier alpha value is -0.400. The molecule has 20 heavy (non-hydrogen) atoms. The zero-order valence-electron chi connectivity index (χ0n) is 10.3. The van der Waals surface area contributed by atoms with Crippen molar-refractivity contribution in [2.24, 2.45) is 5.84 Å². The fourth-order valence-electron chi connectivity index (χ4n) is 1.95. The highest BCUT2D eigenvalue weighted by molar-refractivity contribution is 14.1. The summed E-state index contributed by atoms with van der Waals surface area (Å²) in [6, 6.07) is 9.98. The molecule has 0 fully saturated rings. The van der Waals surface area contributed by atoms with E-state index in [9.17, 15) is 4.39 Å². The lowest BCUT2D eigenvalue weighted by atomic mass is 9.99. The van der Waals surface area contributed by atoms with E-state index in [-0.39, 0.29) is 11.9 Å². The summed E-state index contributed by atoms with van der Waals surface area (Å²) in [5.74, 6) is 5.36. The van der Waals surface area contributed by atoms with Crippen molar-refractivity contribution in [3.8, 4) is 0 Å². The average molecular weight is 425 g/mol. The molecule has 0 spiro atoms. The smallest absolute Gasteiger partial charge is 0.124 e. The van der Waals surface area contributed by atoms with Crippen LogP contribution in [-0.2, 0) is 6.42 Å². The van der Waals surface area contributed by atoms with Gasteiger partial charge in [0.05, 0.1) is 16.1 Å². The van der Waals surface area contributed by atoms with Crippen LogP contribution >= 0.6 is 45.8 Å². The Bertz CT molecular complexity index is 622. The van der Waals surface area contributed by atoms with Gasteiger partial charge in [0.2, 0.25) is 0 Å². The molecule has 1 unspecified atom stereocenters. The molecule has 0 aromatic heterocycles. The van der Waals surface area contributed by atoms with Gasteiger partial charge in [0.15, 0.2) is 0 Å². The molecule has 0 saturated heterocycles. The summed E-state index contributed by atoms with van der Waals surface area (Å²) in [4.78, 5) is 0. The van der Waals surface area contributed by atoms with Gasteiger partial charge in [0.1, 0.15) is 5.82 Å². The van der Waals surface area contributed by atoms with E-state index in [0.717, 1.165) is 14.7 Å². The van der Waals surface area contributed by atoms with Gasteiger partial charge < -0.3 is 0 Å². The molecule has 106 valence electrons. The van der Waals surface area contributed by atoms with Crippen LogP contribution in [-0.4, -0.2) is 0 Å². The molecule has 0 amide bonds. The second kappa shape index (κ2) is 7.04. The van der Waals surface area contributed by atoms with Crippen LogP contribution < -0.4 is 11.3 Å². The molecule has 2 rings (SSSR count). The van der Waals surface area contributed by atoms with Gasteiger partial charge in [-0.25, -0.2) is 4.39 Å². The minimum atomic E-state index is -0.261. The normalized spacial score (nSPS) is 12.4. The number of nitrogens with one attached hydrogen (secondary N) is 1. The summed E-state index contributed by atoms with van der Waals surface area (Å²) in [5.41, 5.74) is 4.71. The van der Waals surface area contributed by atoms with Crippen LogP contribution in [0.5, 0.6) is 0 Å². The summed E-state index contributed by atoms with van der Waals surface area (Å²) < 4.78 is 14.0. The van der Waals surface area contributed by atoms with Gasteiger partial charge in [-0.3, -0.25) is 11.3 Å². The molecule has 0 heterocycles. The Balaban J connectivity index is 2.26. The van der Waals surface area contributed by atoms with Crippen molar-refractivity contribution in [2.45, 2.75) is 12.5 Å². The summed E-state index contributed by atoms with van der Waals surface area (Å²) in [6.07, 6.45) is 0.634. The van der Waals surface area contributed by atoms with Crippen molar-refractivity contribution in [3.05, 3.63) is 67.0 Å². The molecule has 0 aliphatic heterocycles. The predicted octanol–water partition coefficient (Wildman–Crippen LogP) is 4.48. The minimum absolute atomic E-state index is 0.125. The van der Waals surface area contributed by atoms with Crippen molar-refractivity contribution in [3.63, 3.8) is 0 Å². The van der Waals surface area contributed by atoms with Crippen LogP contribution in [0.25, 0.3) is 0 Å². The van der Waals surface area contributed by atoms with E-state index in [1.165, 1.54) is 12.1 Å². The van der Waals surface area contributed by atoms with Crippen LogP contribution in [0, 0.1) is 9.39 Å². The standard InChI is InChI=1S/C14H12Cl2FIN2/c15-11-4-1-8(5-12(11)16)6-14(20-19)10-3-2-9(17)7-13(10)18/h1-5,7,14,20H,6,19H2. The van der Waals surface area contributed by atoms with Gasteiger partial charge in [-0.2, -0.15) is 0 Å². The molecule has 2 aromatic rings.